The van der Waals surface area contributed by atoms with Crippen LogP contribution in [0.25, 0.3) is 0 Å². The molecule has 75 valence electrons. The molecule has 0 aromatic heterocycles. The number of carbonyl (C=O) groups excluding carboxylic acids is 1. The zero-order valence-corrected chi connectivity index (χ0v) is 8.49. The molecule has 1 rings (SSSR count). The summed E-state index contributed by atoms with van der Waals surface area (Å²) in [4.78, 5) is 12.3. The first-order chi connectivity index (χ1) is 6.72. The van der Waals surface area contributed by atoms with Crippen molar-refractivity contribution < 1.29 is 9.53 Å². The van der Waals surface area contributed by atoms with Crippen LogP contribution in [0.3, 0.4) is 0 Å². The molecular formula is C11H14NO2. The third-order valence-corrected chi connectivity index (χ3v) is 1.78. The van der Waals surface area contributed by atoms with Crippen LogP contribution in [-0.2, 0) is 4.79 Å². The van der Waals surface area contributed by atoms with Crippen LogP contribution in [0.1, 0.15) is 5.56 Å². The normalized spacial score (nSPS) is 10.2. The van der Waals surface area contributed by atoms with Crippen molar-refractivity contribution in [2.45, 2.75) is 0 Å². The Morgan fingerprint density at radius 3 is 2.43 bits per heavy atom. The van der Waals surface area contributed by atoms with Gasteiger partial charge in [-0.05, 0) is 38.4 Å². The second-order valence-electron chi connectivity index (χ2n) is 3.28. The topological polar surface area (TPSA) is 29.5 Å². The maximum Gasteiger partial charge on any atom is 0.233 e. The number of hydrogen-bond donors (Lipinski definition) is 0. The van der Waals surface area contributed by atoms with Crippen LogP contribution in [0, 0.1) is 0 Å². The van der Waals surface area contributed by atoms with E-state index in [0.717, 1.165) is 12.3 Å². The molecule has 0 N–H and O–H groups in total. The van der Waals surface area contributed by atoms with Gasteiger partial charge in [-0.1, -0.05) is 0 Å². The SMILES string of the molecule is CN(C)CCOc1ccc([C]=O)cc1. The highest BCUT2D eigenvalue weighted by atomic mass is 16.5. The first kappa shape index (κ1) is 10.7. The highest BCUT2D eigenvalue weighted by Gasteiger charge is 1.95. The Kier molecular flexibility index (Phi) is 4.13. The zero-order chi connectivity index (χ0) is 10.4. The van der Waals surface area contributed by atoms with Crippen molar-refractivity contribution in [1.29, 1.82) is 0 Å². The van der Waals surface area contributed by atoms with Gasteiger partial charge in [-0.3, -0.25) is 4.79 Å². The summed E-state index contributed by atoms with van der Waals surface area (Å²) >= 11 is 0. The van der Waals surface area contributed by atoms with Crippen LogP contribution in [0.4, 0.5) is 0 Å². The van der Waals surface area contributed by atoms with E-state index in [2.05, 4.69) is 0 Å². The van der Waals surface area contributed by atoms with Crippen LogP contribution in [0.5, 0.6) is 5.75 Å². The summed E-state index contributed by atoms with van der Waals surface area (Å²) in [6.45, 7) is 1.53. The number of hydrogen-bond acceptors (Lipinski definition) is 3. The highest BCUT2D eigenvalue weighted by molar-refractivity contribution is 5.75. The standard InChI is InChI=1S/C11H14NO2/c1-12(2)7-8-14-11-5-3-10(9-13)4-6-11/h3-6H,7-8H2,1-2H3. The molecule has 0 atom stereocenters. The Morgan fingerprint density at radius 1 is 1.29 bits per heavy atom. The van der Waals surface area contributed by atoms with Gasteiger partial charge in [0.2, 0.25) is 6.29 Å². The smallest absolute Gasteiger partial charge is 0.233 e. The van der Waals surface area contributed by atoms with E-state index in [-0.39, 0.29) is 0 Å². The fourth-order valence-electron chi connectivity index (χ4n) is 0.965. The molecule has 3 heteroatoms. The number of likely N-dealkylation sites (N-methyl/N-ethyl adjacent to an activating group) is 1. The molecule has 0 bridgehead atoms. The largest absolute Gasteiger partial charge is 0.492 e. The molecule has 1 aromatic rings. The zero-order valence-electron chi connectivity index (χ0n) is 8.49. The van der Waals surface area contributed by atoms with E-state index in [1.165, 1.54) is 0 Å². The van der Waals surface area contributed by atoms with Gasteiger partial charge in [-0.15, -0.1) is 0 Å². The minimum absolute atomic E-state index is 0.546. The summed E-state index contributed by atoms with van der Waals surface area (Å²) in [5.41, 5.74) is 0.546. The van der Waals surface area contributed by atoms with E-state index in [4.69, 9.17) is 4.74 Å². The Labute approximate surface area is 84.3 Å². The van der Waals surface area contributed by atoms with Crippen molar-refractivity contribution in [2.75, 3.05) is 27.2 Å². The van der Waals surface area contributed by atoms with Crippen molar-refractivity contribution in [3.8, 4) is 5.75 Å². The number of ether oxygens (including phenoxy) is 1. The molecule has 0 heterocycles. The van der Waals surface area contributed by atoms with E-state index in [1.807, 2.05) is 25.3 Å². The summed E-state index contributed by atoms with van der Waals surface area (Å²) in [7, 11) is 3.99. The van der Waals surface area contributed by atoms with Gasteiger partial charge in [0.15, 0.2) is 0 Å². The molecule has 0 amide bonds. The van der Waals surface area contributed by atoms with Crippen LogP contribution < -0.4 is 4.74 Å². The fourth-order valence-corrected chi connectivity index (χ4v) is 0.965. The first-order valence-corrected chi connectivity index (χ1v) is 4.48. The van der Waals surface area contributed by atoms with Gasteiger partial charge in [0, 0.05) is 12.1 Å². The van der Waals surface area contributed by atoms with E-state index in [1.54, 1.807) is 24.3 Å². The van der Waals surface area contributed by atoms with Crippen LogP contribution in [0.15, 0.2) is 24.3 Å². The summed E-state index contributed by atoms with van der Waals surface area (Å²) in [6, 6.07) is 6.93. The molecule has 14 heavy (non-hydrogen) atoms. The maximum atomic E-state index is 10.2. The second-order valence-corrected chi connectivity index (χ2v) is 3.28. The first-order valence-electron chi connectivity index (χ1n) is 4.48. The lowest BCUT2D eigenvalue weighted by Gasteiger charge is -2.10. The van der Waals surface area contributed by atoms with Gasteiger partial charge >= 0.3 is 0 Å². The van der Waals surface area contributed by atoms with Gasteiger partial charge in [-0.25, -0.2) is 0 Å². The van der Waals surface area contributed by atoms with Gasteiger partial charge in [0.1, 0.15) is 12.4 Å². The summed E-state index contributed by atoms with van der Waals surface area (Å²) in [5, 5.41) is 0. The van der Waals surface area contributed by atoms with Gasteiger partial charge in [0.05, 0.1) is 0 Å². The van der Waals surface area contributed by atoms with Crippen LogP contribution >= 0.6 is 0 Å². The predicted molar refractivity (Wildman–Crippen MR) is 55.3 cm³/mol. The highest BCUT2D eigenvalue weighted by Crippen LogP contribution is 2.10. The lowest BCUT2D eigenvalue weighted by Crippen LogP contribution is -2.19. The van der Waals surface area contributed by atoms with Gasteiger partial charge in [0.25, 0.3) is 0 Å². The molecule has 0 aliphatic heterocycles. The summed E-state index contributed by atoms with van der Waals surface area (Å²) < 4.78 is 5.44. The second kappa shape index (κ2) is 5.40. The monoisotopic (exact) mass is 192 g/mol. The predicted octanol–water partition coefficient (Wildman–Crippen LogP) is 1.08. The molecule has 3 nitrogen and oxygen atoms in total. The van der Waals surface area contributed by atoms with E-state index in [0.29, 0.717) is 12.2 Å². The summed E-state index contributed by atoms with van der Waals surface area (Å²) in [5.74, 6) is 0.783. The molecule has 1 radical (unpaired) electrons. The Morgan fingerprint density at radius 2 is 1.93 bits per heavy atom. The van der Waals surface area contributed by atoms with Gasteiger partial charge < -0.3 is 9.64 Å². The molecule has 0 saturated carbocycles. The number of benzene rings is 1. The van der Waals surface area contributed by atoms with E-state index in [9.17, 15) is 4.79 Å². The van der Waals surface area contributed by atoms with Crippen molar-refractivity contribution in [3.63, 3.8) is 0 Å². The quantitative estimate of drug-likeness (QED) is 0.699. The number of rotatable bonds is 5. The lowest BCUT2D eigenvalue weighted by atomic mass is 10.2. The van der Waals surface area contributed by atoms with Crippen LogP contribution in [0.2, 0.25) is 0 Å². The minimum atomic E-state index is 0.546. The van der Waals surface area contributed by atoms with E-state index >= 15 is 0 Å². The molecule has 0 spiro atoms. The molecule has 0 aliphatic rings. The van der Waals surface area contributed by atoms with Crippen molar-refractivity contribution in [2.24, 2.45) is 0 Å². The van der Waals surface area contributed by atoms with Crippen molar-refractivity contribution in [1.82, 2.24) is 4.90 Å². The fraction of sp³-hybridized carbons (Fsp3) is 0.364. The third-order valence-electron chi connectivity index (χ3n) is 1.78. The third kappa shape index (κ3) is 3.58. The lowest BCUT2D eigenvalue weighted by molar-refractivity contribution is 0.261. The molecule has 0 saturated heterocycles. The minimum Gasteiger partial charge on any atom is -0.492 e. The molecule has 0 aliphatic carbocycles. The molecular weight excluding hydrogens is 178 g/mol. The Balaban J connectivity index is 2.40. The van der Waals surface area contributed by atoms with Gasteiger partial charge in [-0.2, -0.15) is 0 Å². The Hall–Kier alpha value is -1.35. The molecule has 0 fully saturated rings. The Bertz CT molecular complexity index is 280. The maximum absolute atomic E-state index is 10.2. The van der Waals surface area contributed by atoms with E-state index < -0.39 is 0 Å². The summed E-state index contributed by atoms with van der Waals surface area (Å²) in [6.07, 6.45) is 1.81. The number of nitrogens with zero attached hydrogens (tertiary/aromatic N) is 1. The average Bonchev–Trinajstić information content (AvgIpc) is 2.18. The van der Waals surface area contributed by atoms with Crippen LogP contribution in [-0.4, -0.2) is 38.4 Å². The molecule has 1 aromatic carbocycles. The van der Waals surface area contributed by atoms with Crippen molar-refractivity contribution >= 4 is 6.29 Å². The van der Waals surface area contributed by atoms with Crippen molar-refractivity contribution in [3.05, 3.63) is 29.8 Å². The molecule has 0 unspecified atom stereocenters. The average molecular weight is 192 g/mol.